The predicted molar refractivity (Wildman–Crippen MR) is 105 cm³/mol. The van der Waals surface area contributed by atoms with E-state index >= 15 is 0 Å². The number of ether oxygens (including phenoxy) is 1. The van der Waals surface area contributed by atoms with E-state index in [1.54, 1.807) is 6.20 Å². The smallest absolute Gasteiger partial charge is 0.275 e. The Balaban J connectivity index is 1.38. The van der Waals surface area contributed by atoms with Crippen molar-refractivity contribution in [2.24, 2.45) is 5.92 Å². The first kappa shape index (κ1) is 18.4. The van der Waals surface area contributed by atoms with Crippen LogP contribution in [-0.4, -0.2) is 57.2 Å². The Hall–Kier alpha value is -1.99. The first-order valence-electron chi connectivity index (χ1n) is 9.68. The van der Waals surface area contributed by atoms with Crippen molar-refractivity contribution in [1.29, 1.82) is 0 Å². The van der Waals surface area contributed by atoms with Crippen molar-refractivity contribution in [3.8, 4) is 5.75 Å². The number of likely N-dealkylation sites (tertiary alicyclic amines) is 1. The Morgan fingerprint density at radius 3 is 3.00 bits per heavy atom. The molecular formula is C20H26N4O2S. The molecule has 0 bridgehead atoms. The van der Waals surface area contributed by atoms with Gasteiger partial charge in [0.25, 0.3) is 5.91 Å². The summed E-state index contributed by atoms with van der Waals surface area (Å²) in [6, 6.07) is 8.46. The van der Waals surface area contributed by atoms with Gasteiger partial charge in [0.05, 0.1) is 24.5 Å². The number of nitrogens with zero attached hydrogens (tertiary/aromatic N) is 4. The summed E-state index contributed by atoms with van der Waals surface area (Å²) in [7, 11) is 2.17. The van der Waals surface area contributed by atoms with Crippen LogP contribution in [0.1, 0.15) is 41.7 Å². The molecule has 1 aromatic heterocycles. The second-order valence-corrected chi connectivity index (χ2v) is 8.24. The Bertz CT molecular complexity index is 763. The molecule has 0 unspecified atom stereocenters. The van der Waals surface area contributed by atoms with Gasteiger partial charge in [0.2, 0.25) is 0 Å². The Labute approximate surface area is 164 Å². The lowest BCUT2D eigenvalue weighted by Gasteiger charge is -2.29. The van der Waals surface area contributed by atoms with Crippen molar-refractivity contribution in [3.05, 3.63) is 41.7 Å². The minimum Gasteiger partial charge on any atom is -0.493 e. The first-order chi connectivity index (χ1) is 13.2. The average Bonchev–Trinajstić information content (AvgIpc) is 3.37. The highest BCUT2D eigenvalue weighted by atomic mass is 32.1. The fraction of sp³-hybridized carbons (Fsp3) is 0.550. The van der Waals surface area contributed by atoms with Crippen molar-refractivity contribution in [2.75, 3.05) is 26.7 Å². The van der Waals surface area contributed by atoms with Crippen LogP contribution in [-0.2, 0) is 6.54 Å². The highest BCUT2D eigenvalue weighted by molar-refractivity contribution is 6.99. The highest BCUT2D eigenvalue weighted by Crippen LogP contribution is 2.30. The molecule has 0 N–H and O–H groups in total. The molecule has 1 aliphatic carbocycles. The highest BCUT2D eigenvalue weighted by Gasteiger charge is 2.34. The van der Waals surface area contributed by atoms with Crippen molar-refractivity contribution < 1.29 is 9.53 Å². The predicted octanol–water partition coefficient (Wildman–Crippen LogP) is 3.06. The molecule has 1 atom stereocenters. The summed E-state index contributed by atoms with van der Waals surface area (Å²) in [4.78, 5) is 17.0. The van der Waals surface area contributed by atoms with Crippen LogP contribution in [0.2, 0.25) is 0 Å². The average molecular weight is 387 g/mol. The molecule has 4 rings (SSSR count). The van der Waals surface area contributed by atoms with Crippen LogP contribution in [0.25, 0.3) is 0 Å². The van der Waals surface area contributed by atoms with E-state index in [0.717, 1.165) is 49.0 Å². The lowest BCUT2D eigenvalue weighted by molar-refractivity contribution is 0.0724. The number of carbonyl (C=O) groups is 1. The van der Waals surface area contributed by atoms with E-state index in [4.69, 9.17) is 4.74 Å². The molecule has 2 heterocycles. The second-order valence-electron chi connectivity index (χ2n) is 7.69. The van der Waals surface area contributed by atoms with Gasteiger partial charge in [0.15, 0.2) is 5.69 Å². The molecule has 2 aromatic rings. The maximum Gasteiger partial charge on any atom is 0.275 e. The van der Waals surface area contributed by atoms with Crippen molar-refractivity contribution in [1.82, 2.24) is 18.5 Å². The summed E-state index contributed by atoms with van der Waals surface area (Å²) < 4.78 is 14.1. The lowest BCUT2D eigenvalue weighted by Crippen LogP contribution is -2.34. The van der Waals surface area contributed by atoms with Gasteiger partial charge in [0.1, 0.15) is 5.75 Å². The van der Waals surface area contributed by atoms with E-state index in [9.17, 15) is 4.79 Å². The monoisotopic (exact) mass is 386 g/mol. The Kier molecular flexibility index (Phi) is 5.69. The first-order valence-corrected chi connectivity index (χ1v) is 10.4. The molecule has 6 nitrogen and oxygen atoms in total. The van der Waals surface area contributed by atoms with Crippen molar-refractivity contribution >= 4 is 17.6 Å². The molecule has 1 saturated heterocycles. The Morgan fingerprint density at radius 1 is 1.37 bits per heavy atom. The van der Waals surface area contributed by atoms with Crippen molar-refractivity contribution in [2.45, 2.75) is 38.3 Å². The largest absolute Gasteiger partial charge is 0.493 e. The van der Waals surface area contributed by atoms with Gasteiger partial charge in [-0.3, -0.25) is 4.79 Å². The Morgan fingerprint density at radius 2 is 2.26 bits per heavy atom. The summed E-state index contributed by atoms with van der Waals surface area (Å²) in [5.41, 5.74) is 1.54. The molecule has 0 spiro atoms. The van der Waals surface area contributed by atoms with E-state index in [0.29, 0.717) is 24.2 Å². The number of hydrogen-bond acceptors (Lipinski definition) is 6. The normalized spacial score (nSPS) is 20.4. The number of carbonyl (C=O) groups excluding carboxylic acids is 1. The SMILES string of the molecule is CN1CCC[C@H](COc2cccc(CN(C(=O)c3cnsn3)C3CC3)c2)C1. The van der Waals surface area contributed by atoms with Gasteiger partial charge in [-0.15, -0.1) is 0 Å². The minimum absolute atomic E-state index is 0.0252. The molecule has 1 amide bonds. The minimum atomic E-state index is -0.0252. The summed E-state index contributed by atoms with van der Waals surface area (Å²) >= 11 is 1.08. The van der Waals surface area contributed by atoms with Gasteiger partial charge in [-0.25, -0.2) is 0 Å². The fourth-order valence-electron chi connectivity index (χ4n) is 3.71. The van der Waals surface area contributed by atoms with E-state index in [-0.39, 0.29) is 5.91 Å². The van der Waals surface area contributed by atoms with Crippen LogP contribution in [0.3, 0.4) is 0 Å². The van der Waals surface area contributed by atoms with Crippen LogP contribution in [0.4, 0.5) is 0 Å². The summed E-state index contributed by atoms with van der Waals surface area (Å²) in [6.07, 6.45) is 6.16. The standard InChI is InChI=1S/C20H26N4O2S/c1-23-9-3-5-16(12-23)14-26-18-6-2-4-15(10-18)13-24(17-7-8-17)20(25)19-11-21-27-22-19/h2,4,6,10-11,16-17H,3,5,7-9,12-14H2,1H3/t16-/m0/s1. The van der Waals surface area contributed by atoms with Gasteiger partial charge in [-0.2, -0.15) is 8.75 Å². The number of rotatable bonds is 7. The third-order valence-corrected chi connectivity index (χ3v) is 5.77. The van der Waals surface area contributed by atoms with Crippen LogP contribution < -0.4 is 4.74 Å². The zero-order valence-corrected chi connectivity index (χ0v) is 16.5. The molecule has 0 radical (unpaired) electrons. The number of benzene rings is 1. The zero-order valence-electron chi connectivity index (χ0n) is 15.7. The molecule has 1 aliphatic heterocycles. The van der Waals surface area contributed by atoms with E-state index in [2.05, 4.69) is 32.8 Å². The second kappa shape index (κ2) is 8.35. The summed E-state index contributed by atoms with van der Waals surface area (Å²) in [5, 5.41) is 0. The zero-order chi connectivity index (χ0) is 18.6. The lowest BCUT2D eigenvalue weighted by atomic mass is 9.99. The van der Waals surface area contributed by atoms with E-state index < -0.39 is 0 Å². The molecule has 2 aliphatic rings. The molecule has 7 heteroatoms. The summed E-state index contributed by atoms with van der Waals surface area (Å²) in [5.74, 6) is 1.45. The number of piperidine rings is 1. The van der Waals surface area contributed by atoms with Crippen LogP contribution in [0.5, 0.6) is 5.75 Å². The van der Waals surface area contributed by atoms with Gasteiger partial charge < -0.3 is 14.5 Å². The molecule has 1 saturated carbocycles. The molecule has 1 aromatic carbocycles. The molecule has 144 valence electrons. The third-order valence-electron chi connectivity index (χ3n) is 5.29. The van der Waals surface area contributed by atoms with Gasteiger partial charge in [-0.05, 0) is 57.0 Å². The molecular weight excluding hydrogens is 360 g/mol. The van der Waals surface area contributed by atoms with Gasteiger partial charge in [0, 0.05) is 25.0 Å². The van der Waals surface area contributed by atoms with Gasteiger partial charge in [-0.1, -0.05) is 12.1 Å². The van der Waals surface area contributed by atoms with E-state index in [1.165, 1.54) is 19.4 Å². The third kappa shape index (κ3) is 4.84. The van der Waals surface area contributed by atoms with Crippen LogP contribution >= 0.6 is 11.7 Å². The topological polar surface area (TPSA) is 58.6 Å². The van der Waals surface area contributed by atoms with Gasteiger partial charge >= 0.3 is 0 Å². The summed E-state index contributed by atoms with van der Waals surface area (Å²) in [6.45, 7) is 3.63. The number of amides is 1. The van der Waals surface area contributed by atoms with Crippen LogP contribution in [0, 0.1) is 5.92 Å². The number of aromatic nitrogens is 2. The van der Waals surface area contributed by atoms with E-state index in [1.807, 2.05) is 17.0 Å². The quantitative estimate of drug-likeness (QED) is 0.732. The maximum absolute atomic E-state index is 12.7. The van der Waals surface area contributed by atoms with Crippen LogP contribution in [0.15, 0.2) is 30.5 Å². The fourth-order valence-corrected chi connectivity index (χ4v) is 4.12. The molecule has 27 heavy (non-hydrogen) atoms. The number of hydrogen-bond donors (Lipinski definition) is 0. The van der Waals surface area contributed by atoms with Crippen molar-refractivity contribution in [3.63, 3.8) is 0 Å². The maximum atomic E-state index is 12.7. The molecule has 2 fully saturated rings.